The molecule has 0 aliphatic heterocycles. The van der Waals surface area contributed by atoms with Gasteiger partial charge in [0.15, 0.2) is 0 Å². The van der Waals surface area contributed by atoms with Crippen molar-refractivity contribution >= 4 is 17.5 Å². The zero-order valence-electron chi connectivity index (χ0n) is 13.6. The predicted molar refractivity (Wildman–Crippen MR) is 94.9 cm³/mol. The third-order valence-corrected chi connectivity index (χ3v) is 3.62. The van der Waals surface area contributed by atoms with Crippen LogP contribution in [0.15, 0.2) is 66.9 Å². The van der Waals surface area contributed by atoms with Gasteiger partial charge in [0.1, 0.15) is 11.5 Å². The van der Waals surface area contributed by atoms with Crippen LogP contribution in [0.1, 0.15) is 29.0 Å². The van der Waals surface area contributed by atoms with Gasteiger partial charge in [-0.05, 0) is 36.8 Å². The van der Waals surface area contributed by atoms with E-state index in [4.69, 9.17) is 0 Å². The molecule has 1 heterocycles. The highest BCUT2D eigenvalue weighted by Gasteiger charge is 2.11. The molecule has 0 aliphatic carbocycles. The number of aromatic nitrogens is 2. The second kappa shape index (κ2) is 7.53. The van der Waals surface area contributed by atoms with Crippen LogP contribution in [0, 0.1) is 5.82 Å². The van der Waals surface area contributed by atoms with Gasteiger partial charge in [-0.3, -0.25) is 4.79 Å². The molecule has 1 atom stereocenters. The highest BCUT2D eigenvalue weighted by Crippen LogP contribution is 2.16. The molecule has 6 heteroatoms. The molecule has 1 aromatic heterocycles. The molecule has 0 bridgehead atoms. The molecule has 3 aromatic rings. The van der Waals surface area contributed by atoms with Crippen LogP contribution in [0.4, 0.5) is 16.0 Å². The van der Waals surface area contributed by atoms with Crippen molar-refractivity contribution < 1.29 is 9.18 Å². The number of nitrogens with one attached hydrogen (secondary N) is 2. The topological polar surface area (TPSA) is 66.9 Å². The summed E-state index contributed by atoms with van der Waals surface area (Å²) in [7, 11) is 0. The first-order valence-electron chi connectivity index (χ1n) is 7.83. The maximum absolute atomic E-state index is 13.2. The lowest BCUT2D eigenvalue weighted by atomic mass is 10.1. The summed E-state index contributed by atoms with van der Waals surface area (Å²) in [5.41, 5.74) is 1.65. The summed E-state index contributed by atoms with van der Waals surface area (Å²) in [4.78, 5) is 20.7. The van der Waals surface area contributed by atoms with E-state index in [1.165, 1.54) is 30.5 Å². The number of rotatable bonds is 5. The number of hydrogen-bond acceptors (Lipinski definition) is 4. The molecule has 3 rings (SSSR count). The first-order valence-corrected chi connectivity index (χ1v) is 7.83. The van der Waals surface area contributed by atoms with Gasteiger partial charge in [0.2, 0.25) is 5.95 Å². The third kappa shape index (κ3) is 4.38. The first-order chi connectivity index (χ1) is 12.1. The van der Waals surface area contributed by atoms with E-state index in [2.05, 4.69) is 20.6 Å². The molecule has 25 heavy (non-hydrogen) atoms. The van der Waals surface area contributed by atoms with Crippen LogP contribution in [0.2, 0.25) is 0 Å². The zero-order valence-corrected chi connectivity index (χ0v) is 13.6. The quantitative estimate of drug-likeness (QED) is 0.738. The van der Waals surface area contributed by atoms with Crippen LogP contribution in [-0.2, 0) is 0 Å². The summed E-state index contributed by atoms with van der Waals surface area (Å²) in [6, 6.07) is 17.0. The average Bonchev–Trinajstić information content (AvgIpc) is 2.62. The van der Waals surface area contributed by atoms with Crippen molar-refractivity contribution in [2.24, 2.45) is 0 Å². The predicted octanol–water partition coefficient (Wildman–Crippen LogP) is 4.04. The van der Waals surface area contributed by atoms with Crippen LogP contribution in [-0.4, -0.2) is 15.9 Å². The van der Waals surface area contributed by atoms with Crippen molar-refractivity contribution in [3.63, 3.8) is 0 Å². The van der Waals surface area contributed by atoms with Gasteiger partial charge in [-0.1, -0.05) is 36.4 Å². The molecule has 0 saturated carbocycles. The molecule has 0 fully saturated rings. The Kier molecular flexibility index (Phi) is 4.99. The number of nitrogens with zero attached hydrogens (tertiary/aromatic N) is 2. The lowest BCUT2D eigenvalue weighted by Crippen LogP contribution is -2.16. The SMILES string of the molecule is CC(Nc1nccc(C(=O)Nc2cccc(F)c2)n1)c1ccccc1. The van der Waals surface area contributed by atoms with Gasteiger partial charge in [-0.25, -0.2) is 14.4 Å². The molecular weight excluding hydrogens is 319 g/mol. The molecule has 1 amide bonds. The summed E-state index contributed by atoms with van der Waals surface area (Å²) in [5, 5.41) is 5.78. The third-order valence-electron chi connectivity index (χ3n) is 3.62. The van der Waals surface area contributed by atoms with Crippen molar-refractivity contribution in [3.05, 3.63) is 83.9 Å². The van der Waals surface area contributed by atoms with Gasteiger partial charge in [0.05, 0.1) is 6.04 Å². The maximum Gasteiger partial charge on any atom is 0.274 e. The lowest BCUT2D eigenvalue weighted by Gasteiger charge is -2.14. The summed E-state index contributed by atoms with van der Waals surface area (Å²) in [6.45, 7) is 1.98. The van der Waals surface area contributed by atoms with E-state index in [0.717, 1.165) is 5.56 Å². The van der Waals surface area contributed by atoms with Crippen molar-refractivity contribution in [1.82, 2.24) is 9.97 Å². The average molecular weight is 336 g/mol. The van der Waals surface area contributed by atoms with E-state index in [1.807, 2.05) is 37.3 Å². The van der Waals surface area contributed by atoms with Gasteiger partial charge in [-0.15, -0.1) is 0 Å². The van der Waals surface area contributed by atoms with Crippen molar-refractivity contribution in [3.8, 4) is 0 Å². The fourth-order valence-electron chi connectivity index (χ4n) is 2.33. The number of carbonyl (C=O) groups excluding carboxylic acids is 1. The van der Waals surface area contributed by atoms with E-state index < -0.39 is 11.7 Å². The Bertz CT molecular complexity index is 870. The van der Waals surface area contributed by atoms with Gasteiger partial charge >= 0.3 is 0 Å². The Morgan fingerprint density at radius 3 is 2.64 bits per heavy atom. The smallest absolute Gasteiger partial charge is 0.274 e. The normalized spacial score (nSPS) is 11.6. The maximum atomic E-state index is 13.2. The molecule has 0 saturated heterocycles. The summed E-state index contributed by atoms with van der Waals surface area (Å²) >= 11 is 0. The minimum Gasteiger partial charge on any atom is -0.348 e. The minimum atomic E-state index is -0.427. The number of hydrogen-bond donors (Lipinski definition) is 2. The summed E-state index contributed by atoms with van der Waals surface area (Å²) in [5.74, 6) is -0.494. The Labute approximate surface area is 145 Å². The molecule has 2 aromatic carbocycles. The van der Waals surface area contributed by atoms with Crippen LogP contribution < -0.4 is 10.6 Å². The monoisotopic (exact) mass is 336 g/mol. The van der Waals surface area contributed by atoms with Gasteiger partial charge in [-0.2, -0.15) is 0 Å². The van der Waals surface area contributed by atoms with E-state index >= 15 is 0 Å². The van der Waals surface area contributed by atoms with Crippen molar-refractivity contribution in [2.45, 2.75) is 13.0 Å². The first kappa shape index (κ1) is 16.6. The lowest BCUT2D eigenvalue weighted by molar-refractivity contribution is 0.102. The second-order valence-corrected chi connectivity index (χ2v) is 5.51. The summed E-state index contributed by atoms with van der Waals surface area (Å²) in [6.07, 6.45) is 1.51. The minimum absolute atomic E-state index is 0.0114. The number of amides is 1. The standard InChI is InChI=1S/C19H17FN4O/c1-13(14-6-3-2-4-7-14)22-19-21-11-10-17(24-19)18(25)23-16-9-5-8-15(20)12-16/h2-13H,1H3,(H,23,25)(H,21,22,24). The van der Waals surface area contributed by atoms with Gasteiger partial charge in [0, 0.05) is 11.9 Å². The molecular formula is C19H17FN4O. The molecule has 5 nitrogen and oxygen atoms in total. The Morgan fingerprint density at radius 2 is 1.88 bits per heavy atom. The van der Waals surface area contributed by atoms with Gasteiger partial charge < -0.3 is 10.6 Å². The zero-order chi connectivity index (χ0) is 17.6. The molecule has 126 valence electrons. The molecule has 0 spiro atoms. The van der Waals surface area contributed by atoms with Crippen LogP contribution in [0.25, 0.3) is 0 Å². The highest BCUT2D eigenvalue weighted by molar-refractivity contribution is 6.02. The van der Waals surface area contributed by atoms with E-state index in [1.54, 1.807) is 6.07 Å². The fraction of sp³-hybridized carbons (Fsp3) is 0.105. The number of benzene rings is 2. The number of halogens is 1. The molecule has 2 N–H and O–H groups in total. The van der Waals surface area contributed by atoms with E-state index in [-0.39, 0.29) is 11.7 Å². The highest BCUT2D eigenvalue weighted by atomic mass is 19.1. The summed E-state index contributed by atoms with van der Waals surface area (Å²) < 4.78 is 13.2. The Balaban J connectivity index is 1.71. The Hall–Kier alpha value is -3.28. The van der Waals surface area contributed by atoms with E-state index in [9.17, 15) is 9.18 Å². The molecule has 1 unspecified atom stereocenters. The number of anilines is 2. The Morgan fingerprint density at radius 1 is 1.08 bits per heavy atom. The van der Waals surface area contributed by atoms with E-state index in [0.29, 0.717) is 11.6 Å². The molecule has 0 radical (unpaired) electrons. The van der Waals surface area contributed by atoms with Crippen molar-refractivity contribution in [2.75, 3.05) is 10.6 Å². The second-order valence-electron chi connectivity index (χ2n) is 5.51. The van der Waals surface area contributed by atoms with Crippen LogP contribution in [0.5, 0.6) is 0 Å². The van der Waals surface area contributed by atoms with Crippen LogP contribution >= 0.6 is 0 Å². The van der Waals surface area contributed by atoms with Crippen molar-refractivity contribution in [1.29, 1.82) is 0 Å². The van der Waals surface area contributed by atoms with Gasteiger partial charge in [0.25, 0.3) is 5.91 Å². The molecule has 0 aliphatic rings. The van der Waals surface area contributed by atoms with Crippen LogP contribution in [0.3, 0.4) is 0 Å². The number of carbonyl (C=O) groups is 1. The fourth-order valence-corrected chi connectivity index (χ4v) is 2.33. The largest absolute Gasteiger partial charge is 0.348 e.